The Labute approximate surface area is 111 Å². The Morgan fingerprint density at radius 2 is 1.72 bits per heavy atom. The summed E-state index contributed by atoms with van der Waals surface area (Å²) in [6.07, 6.45) is 0.955. The Morgan fingerprint density at radius 3 is 2.28 bits per heavy atom. The van der Waals surface area contributed by atoms with E-state index in [-0.39, 0.29) is 0 Å². The van der Waals surface area contributed by atoms with E-state index in [4.69, 9.17) is 10.5 Å². The molecule has 1 unspecified atom stereocenters. The molecule has 1 aromatic carbocycles. The van der Waals surface area contributed by atoms with Gasteiger partial charge in [-0.05, 0) is 70.6 Å². The summed E-state index contributed by atoms with van der Waals surface area (Å²) in [5.41, 5.74) is 9.41. The van der Waals surface area contributed by atoms with Crippen LogP contribution in [0.3, 0.4) is 0 Å². The molecule has 3 nitrogen and oxygen atoms in total. The van der Waals surface area contributed by atoms with Crippen LogP contribution in [0.4, 0.5) is 0 Å². The van der Waals surface area contributed by atoms with Crippen molar-refractivity contribution in [3.05, 3.63) is 28.8 Å². The normalized spacial score (nSPS) is 12.8. The fourth-order valence-corrected chi connectivity index (χ4v) is 1.96. The van der Waals surface area contributed by atoms with Crippen LogP contribution in [0, 0.1) is 20.8 Å². The first-order valence-corrected chi connectivity index (χ1v) is 6.52. The summed E-state index contributed by atoms with van der Waals surface area (Å²) in [6.45, 7) is 7.72. The smallest absolute Gasteiger partial charge is 0.122 e. The molecule has 0 saturated heterocycles. The first kappa shape index (κ1) is 15.0. The standard InChI is InChI=1S/C15H26N2O/c1-11-8-13(3)15(9-12(11)2)18-10-14(6-7-16)17(4)5/h8-9,14H,6-7,10,16H2,1-5H3. The molecule has 0 saturated carbocycles. The molecule has 102 valence electrons. The molecule has 1 atom stereocenters. The zero-order valence-electron chi connectivity index (χ0n) is 12.3. The molecule has 3 heteroatoms. The number of ether oxygens (including phenoxy) is 1. The van der Waals surface area contributed by atoms with Gasteiger partial charge < -0.3 is 15.4 Å². The van der Waals surface area contributed by atoms with Gasteiger partial charge >= 0.3 is 0 Å². The molecule has 1 rings (SSSR count). The van der Waals surface area contributed by atoms with Gasteiger partial charge in [0.2, 0.25) is 0 Å². The summed E-state index contributed by atoms with van der Waals surface area (Å²) in [7, 11) is 4.13. The molecule has 0 fully saturated rings. The quantitative estimate of drug-likeness (QED) is 0.841. The number of rotatable bonds is 6. The number of aryl methyl sites for hydroxylation is 3. The lowest BCUT2D eigenvalue weighted by Crippen LogP contribution is -2.35. The predicted molar refractivity (Wildman–Crippen MR) is 77.3 cm³/mol. The minimum Gasteiger partial charge on any atom is -0.492 e. The van der Waals surface area contributed by atoms with Crippen LogP contribution in [0.25, 0.3) is 0 Å². The number of hydrogen-bond donors (Lipinski definition) is 1. The first-order valence-electron chi connectivity index (χ1n) is 6.52. The molecule has 0 heterocycles. The van der Waals surface area contributed by atoms with Gasteiger partial charge in [-0.3, -0.25) is 0 Å². The zero-order chi connectivity index (χ0) is 13.7. The Bertz CT molecular complexity index is 388. The molecule has 0 bridgehead atoms. The second kappa shape index (κ2) is 6.76. The van der Waals surface area contributed by atoms with E-state index in [1.807, 2.05) is 0 Å². The zero-order valence-corrected chi connectivity index (χ0v) is 12.3. The van der Waals surface area contributed by atoms with Crippen LogP contribution >= 0.6 is 0 Å². The minimum absolute atomic E-state index is 0.371. The van der Waals surface area contributed by atoms with Gasteiger partial charge in [-0.2, -0.15) is 0 Å². The molecule has 1 aromatic rings. The van der Waals surface area contributed by atoms with Crippen molar-refractivity contribution in [3.8, 4) is 5.75 Å². The second-order valence-corrected chi connectivity index (χ2v) is 5.21. The van der Waals surface area contributed by atoms with E-state index < -0.39 is 0 Å². The molecule has 0 radical (unpaired) electrons. The second-order valence-electron chi connectivity index (χ2n) is 5.21. The largest absolute Gasteiger partial charge is 0.492 e. The summed E-state index contributed by atoms with van der Waals surface area (Å²) in [5, 5.41) is 0. The van der Waals surface area contributed by atoms with E-state index in [1.54, 1.807) is 0 Å². The van der Waals surface area contributed by atoms with E-state index in [1.165, 1.54) is 16.7 Å². The van der Waals surface area contributed by atoms with Gasteiger partial charge in [0.25, 0.3) is 0 Å². The van der Waals surface area contributed by atoms with Crippen molar-refractivity contribution in [1.82, 2.24) is 4.90 Å². The maximum Gasteiger partial charge on any atom is 0.122 e. The summed E-state index contributed by atoms with van der Waals surface area (Å²) in [6, 6.07) is 4.67. The van der Waals surface area contributed by atoms with Crippen LogP contribution in [-0.2, 0) is 0 Å². The van der Waals surface area contributed by atoms with Gasteiger partial charge in [0.15, 0.2) is 0 Å². The Morgan fingerprint density at radius 1 is 1.11 bits per heavy atom. The lowest BCUT2D eigenvalue weighted by Gasteiger charge is -2.24. The van der Waals surface area contributed by atoms with E-state index >= 15 is 0 Å². The molecule has 0 aromatic heterocycles. The maximum absolute atomic E-state index is 5.95. The summed E-state index contributed by atoms with van der Waals surface area (Å²) >= 11 is 0. The van der Waals surface area contributed by atoms with E-state index in [0.29, 0.717) is 19.2 Å². The predicted octanol–water partition coefficient (Wildman–Crippen LogP) is 2.27. The van der Waals surface area contributed by atoms with Crippen LogP contribution in [0.2, 0.25) is 0 Å². The molecule has 0 aliphatic carbocycles. The number of hydrogen-bond acceptors (Lipinski definition) is 3. The highest BCUT2D eigenvalue weighted by molar-refractivity contribution is 5.40. The van der Waals surface area contributed by atoms with Gasteiger partial charge in [0.05, 0.1) is 0 Å². The summed E-state index contributed by atoms with van der Waals surface area (Å²) in [4.78, 5) is 2.17. The van der Waals surface area contributed by atoms with Crippen molar-refractivity contribution in [1.29, 1.82) is 0 Å². The molecule has 2 N–H and O–H groups in total. The topological polar surface area (TPSA) is 38.5 Å². The number of benzene rings is 1. The molecular weight excluding hydrogens is 224 g/mol. The van der Waals surface area contributed by atoms with Gasteiger partial charge in [0, 0.05) is 6.04 Å². The average molecular weight is 250 g/mol. The SMILES string of the molecule is Cc1cc(C)c(OCC(CCN)N(C)C)cc1C. The minimum atomic E-state index is 0.371. The van der Waals surface area contributed by atoms with Crippen molar-refractivity contribution in [2.75, 3.05) is 27.2 Å². The fraction of sp³-hybridized carbons (Fsp3) is 0.600. The van der Waals surface area contributed by atoms with Crippen LogP contribution in [0.5, 0.6) is 5.75 Å². The Balaban J connectivity index is 2.70. The average Bonchev–Trinajstić information content (AvgIpc) is 2.30. The highest BCUT2D eigenvalue weighted by Gasteiger charge is 2.12. The van der Waals surface area contributed by atoms with E-state index in [2.05, 4.69) is 51.9 Å². The molecule has 0 amide bonds. The van der Waals surface area contributed by atoms with Gasteiger partial charge in [-0.1, -0.05) is 6.07 Å². The molecule has 18 heavy (non-hydrogen) atoms. The van der Waals surface area contributed by atoms with Crippen LogP contribution in [0.1, 0.15) is 23.1 Å². The molecule has 0 aliphatic heterocycles. The Kier molecular flexibility index (Phi) is 5.63. The van der Waals surface area contributed by atoms with Crippen molar-refractivity contribution in [2.45, 2.75) is 33.2 Å². The van der Waals surface area contributed by atoms with Crippen LogP contribution < -0.4 is 10.5 Å². The van der Waals surface area contributed by atoms with E-state index in [0.717, 1.165) is 12.2 Å². The Hall–Kier alpha value is -1.06. The van der Waals surface area contributed by atoms with Crippen molar-refractivity contribution >= 4 is 0 Å². The van der Waals surface area contributed by atoms with Crippen molar-refractivity contribution in [2.24, 2.45) is 5.73 Å². The first-order chi connectivity index (χ1) is 8.45. The van der Waals surface area contributed by atoms with Crippen LogP contribution in [0.15, 0.2) is 12.1 Å². The highest BCUT2D eigenvalue weighted by Crippen LogP contribution is 2.22. The van der Waals surface area contributed by atoms with Crippen molar-refractivity contribution < 1.29 is 4.74 Å². The lowest BCUT2D eigenvalue weighted by atomic mass is 10.1. The third kappa shape index (κ3) is 4.00. The number of nitrogens with two attached hydrogens (primary N) is 1. The van der Waals surface area contributed by atoms with Gasteiger partial charge in [-0.25, -0.2) is 0 Å². The molecule has 0 spiro atoms. The van der Waals surface area contributed by atoms with Gasteiger partial charge in [-0.15, -0.1) is 0 Å². The van der Waals surface area contributed by atoms with Crippen LogP contribution in [-0.4, -0.2) is 38.2 Å². The number of nitrogens with zero attached hydrogens (tertiary/aromatic N) is 1. The van der Waals surface area contributed by atoms with Gasteiger partial charge in [0.1, 0.15) is 12.4 Å². The monoisotopic (exact) mass is 250 g/mol. The van der Waals surface area contributed by atoms with E-state index in [9.17, 15) is 0 Å². The molecular formula is C15H26N2O. The number of likely N-dealkylation sites (N-methyl/N-ethyl adjacent to an activating group) is 1. The summed E-state index contributed by atoms with van der Waals surface area (Å²) in [5.74, 6) is 0.988. The highest BCUT2D eigenvalue weighted by atomic mass is 16.5. The fourth-order valence-electron chi connectivity index (χ4n) is 1.96. The third-order valence-electron chi connectivity index (χ3n) is 3.45. The van der Waals surface area contributed by atoms with Crippen molar-refractivity contribution in [3.63, 3.8) is 0 Å². The molecule has 0 aliphatic rings. The summed E-state index contributed by atoms with van der Waals surface area (Å²) < 4.78 is 5.95. The maximum atomic E-state index is 5.95. The third-order valence-corrected chi connectivity index (χ3v) is 3.45. The lowest BCUT2D eigenvalue weighted by molar-refractivity contribution is 0.178.